The van der Waals surface area contributed by atoms with Gasteiger partial charge in [-0.05, 0) is 37.3 Å². The molecule has 0 spiro atoms. The number of hydrogen-bond donors (Lipinski definition) is 1. The Morgan fingerprint density at radius 2 is 1.56 bits per heavy atom. The molecule has 7 heteroatoms. The van der Waals surface area contributed by atoms with Crippen molar-refractivity contribution in [2.45, 2.75) is 6.92 Å². The molecule has 0 atom stereocenters. The van der Waals surface area contributed by atoms with Crippen LogP contribution in [0, 0.1) is 6.92 Å². The first-order valence-electron chi connectivity index (χ1n) is 10.0. The van der Waals surface area contributed by atoms with E-state index in [-0.39, 0.29) is 0 Å². The number of aryl methyl sites for hydroxylation is 1. The van der Waals surface area contributed by atoms with Crippen molar-refractivity contribution < 1.29 is 9.47 Å². The van der Waals surface area contributed by atoms with E-state index < -0.39 is 0 Å². The van der Waals surface area contributed by atoms with Crippen LogP contribution in [0.1, 0.15) is 11.1 Å². The highest BCUT2D eigenvalue weighted by Crippen LogP contribution is 2.33. The standard InChI is InChI=1S/C25H23N5O2/c1-17-6-8-19(9-7-17)21-14-22(20-10-11-23(31-2)24(13-20)32-3)29-25(28-21)30-27-16-18-5-4-12-26-15-18/h4-16H,1-3H3,(H,28,29,30)/b27-16+. The van der Waals surface area contributed by atoms with Crippen molar-refractivity contribution in [3.63, 3.8) is 0 Å². The van der Waals surface area contributed by atoms with Gasteiger partial charge in [0, 0.05) is 29.1 Å². The third-order valence-corrected chi connectivity index (χ3v) is 4.82. The molecule has 0 radical (unpaired) electrons. The van der Waals surface area contributed by atoms with Gasteiger partial charge in [0.25, 0.3) is 0 Å². The smallest absolute Gasteiger partial charge is 0.244 e. The molecule has 2 aromatic carbocycles. The number of aromatic nitrogens is 3. The SMILES string of the molecule is COc1ccc(-c2cc(-c3ccc(C)cc3)nc(N/N=C/c3cccnc3)n2)cc1OC. The van der Waals surface area contributed by atoms with Crippen LogP contribution in [0.3, 0.4) is 0 Å². The van der Waals surface area contributed by atoms with E-state index in [9.17, 15) is 0 Å². The summed E-state index contributed by atoms with van der Waals surface area (Å²) in [6.07, 6.45) is 5.11. The zero-order valence-corrected chi connectivity index (χ0v) is 18.1. The van der Waals surface area contributed by atoms with Crippen LogP contribution in [0.2, 0.25) is 0 Å². The van der Waals surface area contributed by atoms with Crippen LogP contribution in [-0.4, -0.2) is 35.4 Å². The van der Waals surface area contributed by atoms with Crippen LogP contribution in [0.4, 0.5) is 5.95 Å². The van der Waals surface area contributed by atoms with Crippen LogP contribution >= 0.6 is 0 Å². The van der Waals surface area contributed by atoms with Crippen molar-refractivity contribution in [3.05, 3.63) is 84.2 Å². The van der Waals surface area contributed by atoms with Gasteiger partial charge in [0.05, 0.1) is 31.8 Å². The highest BCUT2D eigenvalue weighted by molar-refractivity contribution is 5.79. The summed E-state index contributed by atoms with van der Waals surface area (Å²) in [5.74, 6) is 1.67. The van der Waals surface area contributed by atoms with Gasteiger partial charge in [-0.1, -0.05) is 35.9 Å². The molecular weight excluding hydrogens is 402 g/mol. The lowest BCUT2D eigenvalue weighted by Gasteiger charge is -2.11. The molecule has 0 amide bonds. The molecule has 0 aliphatic carbocycles. The molecule has 2 heterocycles. The Bertz CT molecular complexity index is 1230. The lowest BCUT2D eigenvalue weighted by molar-refractivity contribution is 0.355. The zero-order valence-electron chi connectivity index (χ0n) is 18.1. The first-order valence-corrected chi connectivity index (χ1v) is 10.0. The molecule has 0 saturated carbocycles. The monoisotopic (exact) mass is 425 g/mol. The van der Waals surface area contributed by atoms with E-state index in [1.165, 1.54) is 5.56 Å². The molecule has 1 N–H and O–H groups in total. The summed E-state index contributed by atoms with van der Waals surface area (Å²) in [6, 6.07) is 19.6. The van der Waals surface area contributed by atoms with E-state index in [4.69, 9.17) is 9.47 Å². The molecule has 32 heavy (non-hydrogen) atoms. The quantitative estimate of drug-likeness (QED) is 0.332. The molecule has 0 unspecified atom stereocenters. The molecule has 4 rings (SSSR count). The van der Waals surface area contributed by atoms with E-state index in [1.54, 1.807) is 32.8 Å². The van der Waals surface area contributed by atoms with Crippen molar-refractivity contribution in [2.24, 2.45) is 5.10 Å². The van der Waals surface area contributed by atoms with Crippen LogP contribution < -0.4 is 14.9 Å². The lowest BCUT2D eigenvalue weighted by Crippen LogP contribution is -2.01. The van der Waals surface area contributed by atoms with Crippen molar-refractivity contribution in [3.8, 4) is 34.0 Å². The number of methoxy groups -OCH3 is 2. The third kappa shape index (κ3) is 4.89. The van der Waals surface area contributed by atoms with Crippen LogP contribution in [-0.2, 0) is 0 Å². The number of nitrogens with one attached hydrogen (secondary N) is 1. The minimum atomic E-state index is 0.382. The Morgan fingerprint density at radius 3 is 2.25 bits per heavy atom. The fourth-order valence-electron chi connectivity index (χ4n) is 3.13. The van der Waals surface area contributed by atoms with Crippen molar-refractivity contribution in [1.82, 2.24) is 15.0 Å². The minimum Gasteiger partial charge on any atom is -0.493 e. The zero-order chi connectivity index (χ0) is 22.3. The Hall–Kier alpha value is -4.26. The van der Waals surface area contributed by atoms with Crippen molar-refractivity contribution >= 4 is 12.2 Å². The average molecular weight is 425 g/mol. The van der Waals surface area contributed by atoms with Crippen molar-refractivity contribution in [1.29, 1.82) is 0 Å². The molecule has 0 aliphatic rings. The molecule has 0 aliphatic heterocycles. The van der Waals surface area contributed by atoms with Gasteiger partial charge in [-0.25, -0.2) is 15.4 Å². The molecule has 0 fully saturated rings. The summed E-state index contributed by atoms with van der Waals surface area (Å²) in [5.41, 5.74) is 8.36. The van der Waals surface area contributed by atoms with E-state index in [0.29, 0.717) is 17.4 Å². The van der Waals surface area contributed by atoms with Gasteiger partial charge < -0.3 is 9.47 Å². The Kier molecular flexibility index (Phi) is 6.36. The second-order valence-corrected chi connectivity index (χ2v) is 7.05. The highest BCUT2D eigenvalue weighted by atomic mass is 16.5. The summed E-state index contributed by atoms with van der Waals surface area (Å²) in [5, 5.41) is 4.27. The van der Waals surface area contributed by atoms with Gasteiger partial charge in [-0.3, -0.25) is 4.98 Å². The second kappa shape index (κ2) is 9.70. The predicted octanol–water partition coefficient (Wildman–Crippen LogP) is 4.98. The Morgan fingerprint density at radius 1 is 0.844 bits per heavy atom. The number of hydrazone groups is 1. The number of benzene rings is 2. The summed E-state index contributed by atoms with van der Waals surface area (Å²) < 4.78 is 10.8. The van der Waals surface area contributed by atoms with Gasteiger partial charge in [0.15, 0.2) is 11.5 Å². The first-order chi connectivity index (χ1) is 15.7. The van der Waals surface area contributed by atoms with E-state index in [2.05, 4.69) is 44.5 Å². The highest BCUT2D eigenvalue weighted by Gasteiger charge is 2.11. The van der Waals surface area contributed by atoms with Crippen molar-refractivity contribution in [2.75, 3.05) is 19.6 Å². The second-order valence-electron chi connectivity index (χ2n) is 7.05. The normalized spacial score (nSPS) is 10.8. The molecule has 0 saturated heterocycles. The molecule has 0 bridgehead atoms. The number of ether oxygens (including phenoxy) is 2. The fourth-order valence-corrected chi connectivity index (χ4v) is 3.13. The van der Waals surface area contributed by atoms with E-state index in [1.807, 2.05) is 48.5 Å². The molecular formula is C25H23N5O2. The molecule has 160 valence electrons. The van der Waals surface area contributed by atoms with Gasteiger partial charge in [-0.2, -0.15) is 5.10 Å². The summed E-state index contributed by atoms with van der Waals surface area (Å²) >= 11 is 0. The average Bonchev–Trinajstić information content (AvgIpc) is 2.84. The number of hydrogen-bond acceptors (Lipinski definition) is 7. The van der Waals surface area contributed by atoms with Crippen LogP contribution in [0.25, 0.3) is 22.5 Å². The first kappa shape index (κ1) is 21.0. The Balaban J connectivity index is 1.73. The number of anilines is 1. The van der Waals surface area contributed by atoms with Crippen LogP contribution in [0.5, 0.6) is 11.5 Å². The maximum Gasteiger partial charge on any atom is 0.244 e. The number of rotatable bonds is 7. The number of nitrogens with zero attached hydrogens (tertiary/aromatic N) is 4. The van der Waals surface area contributed by atoms with E-state index >= 15 is 0 Å². The summed E-state index contributed by atoms with van der Waals surface area (Å²) in [6.45, 7) is 2.05. The largest absolute Gasteiger partial charge is 0.493 e. The van der Waals surface area contributed by atoms with Crippen LogP contribution in [0.15, 0.2) is 78.2 Å². The maximum atomic E-state index is 5.46. The number of pyridine rings is 1. The van der Waals surface area contributed by atoms with Gasteiger partial charge in [-0.15, -0.1) is 0 Å². The molecule has 7 nitrogen and oxygen atoms in total. The summed E-state index contributed by atoms with van der Waals surface area (Å²) in [7, 11) is 3.22. The van der Waals surface area contributed by atoms with Gasteiger partial charge >= 0.3 is 0 Å². The third-order valence-electron chi connectivity index (χ3n) is 4.82. The topological polar surface area (TPSA) is 81.5 Å². The minimum absolute atomic E-state index is 0.382. The fraction of sp³-hybridized carbons (Fsp3) is 0.120. The summed E-state index contributed by atoms with van der Waals surface area (Å²) in [4.78, 5) is 13.4. The van der Waals surface area contributed by atoms with E-state index in [0.717, 1.165) is 28.1 Å². The Labute approximate surface area is 186 Å². The predicted molar refractivity (Wildman–Crippen MR) is 126 cm³/mol. The molecule has 4 aromatic rings. The molecule has 2 aromatic heterocycles. The van der Waals surface area contributed by atoms with Gasteiger partial charge in [0.1, 0.15) is 0 Å². The van der Waals surface area contributed by atoms with Gasteiger partial charge in [0.2, 0.25) is 5.95 Å². The lowest BCUT2D eigenvalue weighted by atomic mass is 10.1. The maximum absolute atomic E-state index is 5.46.